The van der Waals surface area contributed by atoms with Crippen molar-refractivity contribution in [1.82, 2.24) is 5.32 Å². The molecule has 3 N–H and O–H groups in total. The Bertz CT molecular complexity index is 380. The summed E-state index contributed by atoms with van der Waals surface area (Å²) < 4.78 is 6.30. The molecule has 0 spiro atoms. The van der Waals surface area contributed by atoms with E-state index in [-0.39, 0.29) is 18.6 Å². The van der Waals surface area contributed by atoms with Crippen LogP contribution in [0.15, 0.2) is 22.7 Å². The summed E-state index contributed by atoms with van der Waals surface area (Å²) in [5.41, 5.74) is 6.69. The van der Waals surface area contributed by atoms with Gasteiger partial charge in [-0.25, -0.2) is 0 Å². The number of nitrogens with one attached hydrogen (secondary N) is 1. The minimum Gasteiger partial charge on any atom is -0.483 e. The number of nitrogens with two attached hydrogens (primary N) is 1. The first kappa shape index (κ1) is 13.0. The predicted molar refractivity (Wildman–Crippen MR) is 66.3 cm³/mol. The fraction of sp³-hybridized carbons (Fsp3) is 0.364. The molecule has 0 aliphatic heterocycles. The number of hydrogen-bond donors (Lipinski definition) is 2. The number of halogens is 1. The molecule has 0 saturated carbocycles. The molecule has 0 aliphatic carbocycles. The van der Waals surface area contributed by atoms with E-state index in [0.29, 0.717) is 5.75 Å². The number of ether oxygens (including phenoxy) is 1. The van der Waals surface area contributed by atoms with Gasteiger partial charge in [-0.1, -0.05) is 22.0 Å². The maximum absolute atomic E-state index is 11.1. The van der Waals surface area contributed by atoms with Gasteiger partial charge >= 0.3 is 0 Å². The van der Waals surface area contributed by atoms with E-state index in [2.05, 4.69) is 21.2 Å². The molecule has 0 bridgehead atoms. The van der Waals surface area contributed by atoms with Gasteiger partial charge in [-0.15, -0.1) is 0 Å². The van der Waals surface area contributed by atoms with E-state index in [0.717, 1.165) is 10.0 Å². The van der Waals surface area contributed by atoms with E-state index in [9.17, 15) is 4.79 Å². The number of rotatable bonds is 4. The molecule has 88 valence electrons. The molecule has 1 aromatic rings. The standard InChI is InChI=1S/C11H15BrN2O2/c1-7(13)9-4-3-8(12)5-10(9)16-6-11(15)14-2/h3-5,7H,6,13H2,1-2H3,(H,14,15). The fourth-order valence-electron chi connectivity index (χ4n) is 1.22. The maximum Gasteiger partial charge on any atom is 0.257 e. The summed E-state index contributed by atoms with van der Waals surface area (Å²) in [6, 6.07) is 5.45. The van der Waals surface area contributed by atoms with E-state index < -0.39 is 0 Å². The molecule has 4 nitrogen and oxygen atoms in total. The van der Waals surface area contributed by atoms with Crippen LogP contribution in [0.3, 0.4) is 0 Å². The topological polar surface area (TPSA) is 64.3 Å². The highest BCUT2D eigenvalue weighted by Crippen LogP contribution is 2.27. The third-order valence-electron chi connectivity index (χ3n) is 2.10. The number of amides is 1. The zero-order chi connectivity index (χ0) is 12.1. The van der Waals surface area contributed by atoms with E-state index in [1.165, 1.54) is 0 Å². The molecular weight excluding hydrogens is 272 g/mol. The lowest BCUT2D eigenvalue weighted by Crippen LogP contribution is -2.25. The number of hydrogen-bond acceptors (Lipinski definition) is 3. The smallest absolute Gasteiger partial charge is 0.257 e. The summed E-state index contributed by atoms with van der Waals surface area (Å²) in [4.78, 5) is 11.1. The summed E-state index contributed by atoms with van der Waals surface area (Å²) in [6.45, 7) is 1.86. The summed E-state index contributed by atoms with van der Waals surface area (Å²) in [7, 11) is 1.57. The average Bonchev–Trinajstić information content (AvgIpc) is 2.25. The first-order valence-corrected chi connectivity index (χ1v) is 5.72. The molecule has 1 amide bonds. The minimum absolute atomic E-state index is 0.00727. The van der Waals surface area contributed by atoms with Crippen LogP contribution in [0.25, 0.3) is 0 Å². The Morgan fingerprint density at radius 1 is 1.62 bits per heavy atom. The Kier molecular flexibility index (Phi) is 4.76. The van der Waals surface area contributed by atoms with Crippen molar-refractivity contribution in [2.75, 3.05) is 13.7 Å². The van der Waals surface area contributed by atoms with Gasteiger partial charge in [0.15, 0.2) is 6.61 Å². The minimum atomic E-state index is -0.171. The average molecular weight is 287 g/mol. The number of carbonyl (C=O) groups excluding carboxylic acids is 1. The second-order valence-electron chi connectivity index (χ2n) is 3.43. The molecule has 0 radical (unpaired) electrons. The second-order valence-corrected chi connectivity index (χ2v) is 4.35. The first-order chi connectivity index (χ1) is 7.54. The lowest BCUT2D eigenvalue weighted by Gasteiger charge is -2.13. The Morgan fingerprint density at radius 2 is 2.31 bits per heavy atom. The maximum atomic E-state index is 11.1. The zero-order valence-corrected chi connectivity index (χ0v) is 10.9. The van der Waals surface area contributed by atoms with Crippen LogP contribution in [0.2, 0.25) is 0 Å². The molecule has 1 atom stereocenters. The van der Waals surface area contributed by atoms with Crippen LogP contribution in [-0.2, 0) is 4.79 Å². The number of benzene rings is 1. The first-order valence-electron chi connectivity index (χ1n) is 4.93. The van der Waals surface area contributed by atoms with E-state index in [1.54, 1.807) is 7.05 Å². The molecule has 1 aromatic carbocycles. The van der Waals surface area contributed by atoms with Gasteiger partial charge in [-0.05, 0) is 19.1 Å². The van der Waals surface area contributed by atoms with Gasteiger partial charge in [0, 0.05) is 23.1 Å². The van der Waals surface area contributed by atoms with Crippen LogP contribution in [0, 0.1) is 0 Å². The summed E-state index contributed by atoms with van der Waals surface area (Å²) in [5, 5.41) is 2.49. The second kappa shape index (κ2) is 5.86. The fourth-order valence-corrected chi connectivity index (χ4v) is 1.56. The van der Waals surface area contributed by atoms with Crippen LogP contribution < -0.4 is 15.8 Å². The van der Waals surface area contributed by atoms with Crippen LogP contribution in [0.4, 0.5) is 0 Å². The number of likely N-dealkylation sites (N-methyl/N-ethyl adjacent to an activating group) is 1. The van der Waals surface area contributed by atoms with Gasteiger partial charge in [-0.3, -0.25) is 4.79 Å². The molecule has 0 heterocycles. The highest BCUT2D eigenvalue weighted by molar-refractivity contribution is 9.10. The van der Waals surface area contributed by atoms with E-state index in [4.69, 9.17) is 10.5 Å². The third-order valence-corrected chi connectivity index (χ3v) is 2.60. The van der Waals surface area contributed by atoms with Gasteiger partial charge in [0.25, 0.3) is 5.91 Å². The van der Waals surface area contributed by atoms with Crippen LogP contribution in [0.5, 0.6) is 5.75 Å². The molecule has 1 rings (SSSR count). The summed E-state index contributed by atoms with van der Waals surface area (Å²) >= 11 is 3.35. The van der Waals surface area contributed by atoms with Crippen molar-refractivity contribution in [2.24, 2.45) is 5.73 Å². The highest BCUT2D eigenvalue weighted by atomic mass is 79.9. The van der Waals surface area contributed by atoms with Crippen molar-refractivity contribution in [3.63, 3.8) is 0 Å². The van der Waals surface area contributed by atoms with Crippen molar-refractivity contribution in [3.05, 3.63) is 28.2 Å². The largest absolute Gasteiger partial charge is 0.483 e. The van der Waals surface area contributed by atoms with Gasteiger partial charge in [-0.2, -0.15) is 0 Å². The molecule has 16 heavy (non-hydrogen) atoms. The number of carbonyl (C=O) groups is 1. The van der Waals surface area contributed by atoms with Crippen molar-refractivity contribution in [1.29, 1.82) is 0 Å². The van der Waals surface area contributed by atoms with Crippen molar-refractivity contribution in [2.45, 2.75) is 13.0 Å². The Morgan fingerprint density at radius 3 is 2.88 bits per heavy atom. The highest BCUT2D eigenvalue weighted by Gasteiger charge is 2.09. The molecule has 0 aromatic heterocycles. The monoisotopic (exact) mass is 286 g/mol. The molecular formula is C11H15BrN2O2. The van der Waals surface area contributed by atoms with Crippen molar-refractivity contribution >= 4 is 21.8 Å². The lowest BCUT2D eigenvalue weighted by atomic mass is 10.1. The van der Waals surface area contributed by atoms with Gasteiger partial charge in [0.2, 0.25) is 0 Å². The van der Waals surface area contributed by atoms with Crippen molar-refractivity contribution < 1.29 is 9.53 Å². The zero-order valence-electron chi connectivity index (χ0n) is 9.29. The Balaban J connectivity index is 2.84. The third kappa shape index (κ3) is 3.50. The molecule has 0 fully saturated rings. The molecule has 5 heteroatoms. The van der Waals surface area contributed by atoms with Gasteiger partial charge in [0.1, 0.15) is 5.75 Å². The van der Waals surface area contributed by atoms with E-state index >= 15 is 0 Å². The SMILES string of the molecule is CNC(=O)COc1cc(Br)ccc1C(C)N. The summed E-state index contributed by atoms with van der Waals surface area (Å²) in [6.07, 6.45) is 0. The van der Waals surface area contributed by atoms with Crippen LogP contribution >= 0.6 is 15.9 Å². The van der Waals surface area contributed by atoms with E-state index in [1.807, 2.05) is 25.1 Å². The van der Waals surface area contributed by atoms with Crippen LogP contribution in [-0.4, -0.2) is 19.6 Å². The molecule has 0 saturated heterocycles. The normalized spacial score (nSPS) is 12.0. The Hall–Kier alpha value is -1.07. The van der Waals surface area contributed by atoms with Gasteiger partial charge in [0.05, 0.1) is 0 Å². The van der Waals surface area contributed by atoms with Gasteiger partial charge < -0.3 is 15.8 Å². The lowest BCUT2D eigenvalue weighted by molar-refractivity contribution is -0.122. The Labute approximate surface area is 103 Å². The molecule has 0 aliphatic rings. The molecule has 1 unspecified atom stereocenters. The summed E-state index contributed by atoms with van der Waals surface area (Å²) in [5.74, 6) is 0.462. The van der Waals surface area contributed by atoms with Crippen LogP contribution in [0.1, 0.15) is 18.5 Å². The predicted octanol–water partition coefficient (Wildman–Crippen LogP) is 1.59. The van der Waals surface area contributed by atoms with Crippen molar-refractivity contribution in [3.8, 4) is 5.75 Å². The quantitative estimate of drug-likeness (QED) is 0.884.